The van der Waals surface area contributed by atoms with Crippen LogP contribution in [0.5, 0.6) is 11.5 Å². The molecule has 0 fully saturated rings. The van der Waals surface area contributed by atoms with Crippen LogP contribution in [0.15, 0.2) is 45.9 Å². The molecule has 0 aliphatic rings. The lowest BCUT2D eigenvalue weighted by Crippen LogP contribution is -2.27. The van der Waals surface area contributed by atoms with Gasteiger partial charge in [0, 0.05) is 23.7 Å². The molecule has 4 aromatic rings. The highest BCUT2D eigenvalue weighted by Crippen LogP contribution is 2.34. The average molecular weight is 514 g/mol. The molecule has 4 aromatic heterocycles. The van der Waals surface area contributed by atoms with E-state index in [1.807, 2.05) is 0 Å². The molecule has 0 bridgehead atoms. The van der Waals surface area contributed by atoms with Crippen molar-refractivity contribution in [3.05, 3.63) is 52.8 Å². The molecule has 0 spiro atoms. The summed E-state index contributed by atoms with van der Waals surface area (Å²) < 4.78 is 17.8. The Morgan fingerprint density at radius 1 is 1.31 bits per heavy atom. The third-order valence-corrected chi connectivity index (χ3v) is 5.72. The van der Waals surface area contributed by atoms with Crippen LogP contribution in [0.1, 0.15) is 24.4 Å². The van der Waals surface area contributed by atoms with E-state index in [-0.39, 0.29) is 41.1 Å². The van der Waals surface area contributed by atoms with Crippen LogP contribution in [0.3, 0.4) is 0 Å². The molecular weight excluding hydrogens is 490 g/mol. The predicted molar refractivity (Wildman–Crippen MR) is 131 cm³/mol. The summed E-state index contributed by atoms with van der Waals surface area (Å²) in [5, 5.41) is 24.5. The fourth-order valence-electron chi connectivity index (χ4n) is 2.96. The van der Waals surface area contributed by atoms with Crippen molar-refractivity contribution < 1.29 is 23.8 Å². The number of amides is 1. The molecule has 188 valence electrons. The highest BCUT2D eigenvalue weighted by molar-refractivity contribution is 7.17. The van der Waals surface area contributed by atoms with Crippen molar-refractivity contribution in [3.8, 4) is 27.9 Å². The van der Waals surface area contributed by atoms with E-state index in [0.717, 1.165) is 11.3 Å². The van der Waals surface area contributed by atoms with Crippen molar-refractivity contribution in [1.82, 2.24) is 25.0 Å². The molecule has 4 heterocycles. The van der Waals surface area contributed by atoms with Gasteiger partial charge in [0.1, 0.15) is 17.3 Å². The number of hydrogen-bond donors (Lipinski definition) is 3. The summed E-state index contributed by atoms with van der Waals surface area (Å²) in [6, 6.07) is 6.24. The number of carbonyl (C=O) groups excluding carboxylic acids is 1. The summed E-state index contributed by atoms with van der Waals surface area (Å²) >= 11 is 1.02. The van der Waals surface area contributed by atoms with Crippen LogP contribution in [-0.2, 0) is 0 Å². The largest absolute Gasteiger partial charge is 0.494 e. The second kappa shape index (κ2) is 10.1. The van der Waals surface area contributed by atoms with Crippen LogP contribution in [0.4, 0.5) is 10.9 Å². The van der Waals surface area contributed by atoms with E-state index in [2.05, 4.69) is 25.6 Å². The van der Waals surface area contributed by atoms with E-state index in [1.54, 1.807) is 32.0 Å². The maximum atomic E-state index is 13.0. The first-order chi connectivity index (χ1) is 17.2. The number of anilines is 2. The molecule has 14 heteroatoms. The minimum atomic E-state index is -0.902. The Morgan fingerprint density at radius 3 is 2.81 bits per heavy atom. The highest BCUT2D eigenvalue weighted by atomic mass is 32.1. The van der Waals surface area contributed by atoms with Crippen LogP contribution >= 0.6 is 11.3 Å². The van der Waals surface area contributed by atoms with E-state index in [1.165, 1.54) is 30.3 Å². The smallest absolute Gasteiger partial charge is 0.379 e. The van der Waals surface area contributed by atoms with Gasteiger partial charge in [0.15, 0.2) is 5.76 Å². The summed E-state index contributed by atoms with van der Waals surface area (Å²) in [4.78, 5) is 30.2. The number of ether oxygens (including phenoxy) is 2. The average Bonchev–Trinajstić information content (AvgIpc) is 3.51. The normalized spacial score (nSPS) is 11.3. The Kier molecular flexibility index (Phi) is 6.98. The molecular formula is C22H23N7O6S. The molecule has 0 aromatic carbocycles. The third-order valence-electron chi connectivity index (χ3n) is 4.90. The highest BCUT2D eigenvalue weighted by Gasteiger charge is 2.25. The van der Waals surface area contributed by atoms with Gasteiger partial charge in [0.05, 0.1) is 32.1 Å². The van der Waals surface area contributed by atoms with Crippen LogP contribution in [-0.4, -0.2) is 56.3 Å². The van der Waals surface area contributed by atoms with Gasteiger partial charge in [-0.05, 0) is 12.1 Å². The molecule has 0 atom stereocenters. The summed E-state index contributed by atoms with van der Waals surface area (Å²) in [6.45, 7) is 3.37. The van der Waals surface area contributed by atoms with Gasteiger partial charge in [-0.15, -0.1) is 10.2 Å². The van der Waals surface area contributed by atoms with E-state index >= 15 is 0 Å². The molecule has 1 amide bonds. The first-order valence-electron chi connectivity index (χ1n) is 10.6. The fraction of sp³-hybridized carbons (Fsp3) is 0.273. The van der Waals surface area contributed by atoms with Crippen molar-refractivity contribution in [3.63, 3.8) is 0 Å². The Bertz CT molecular complexity index is 1440. The van der Waals surface area contributed by atoms with Crippen LogP contribution in [0.2, 0.25) is 0 Å². The monoisotopic (exact) mass is 513 g/mol. The number of methoxy groups -OCH3 is 1. The van der Waals surface area contributed by atoms with E-state index in [0.29, 0.717) is 16.7 Å². The number of pyridine rings is 1. The number of carbonyl (C=O) groups is 1. The fourth-order valence-corrected chi connectivity index (χ4v) is 3.68. The number of hydrogen-bond acceptors (Lipinski definition) is 12. The predicted octanol–water partition coefficient (Wildman–Crippen LogP) is 1.98. The summed E-state index contributed by atoms with van der Waals surface area (Å²) in [7, 11) is 1.45. The summed E-state index contributed by atoms with van der Waals surface area (Å²) in [6.07, 6.45) is 3.01. The number of aromatic nitrogens is 5. The van der Waals surface area contributed by atoms with Crippen molar-refractivity contribution in [2.75, 3.05) is 31.4 Å². The molecule has 4 rings (SSSR count). The Labute approximate surface area is 208 Å². The first kappa shape index (κ1) is 24.8. The Balaban J connectivity index is 1.69. The minimum Gasteiger partial charge on any atom is -0.494 e. The van der Waals surface area contributed by atoms with Gasteiger partial charge in [-0.2, -0.15) is 9.78 Å². The van der Waals surface area contributed by atoms with Gasteiger partial charge in [-0.1, -0.05) is 25.2 Å². The molecule has 0 aliphatic heterocycles. The third kappa shape index (κ3) is 5.18. The standard InChI is InChI=1S/C22H23N7O6S/c1-22(2,10-30)11-34-17-12(16-13(33-3)5-4-7-24-16)9-14(35-19(17)32)18(31)26-20-27-28-21(36-20)29-15(23)6-8-25-29/h4-9,30H,10-11,23H2,1-3H3,(H,26,27,31). The number of nitrogens with two attached hydrogens (primary N) is 1. The molecule has 4 N–H and O–H groups in total. The maximum Gasteiger partial charge on any atom is 0.379 e. The second-order valence-corrected chi connectivity index (χ2v) is 9.27. The molecule has 13 nitrogen and oxygen atoms in total. The molecule has 0 saturated heterocycles. The molecule has 0 saturated carbocycles. The topological polar surface area (TPSA) is 181 Å². The van der Waals surface area contributed by atoms with Gasteiger partial charge < -0.3 is 24.7 Å². The quantitative estimate of drug-likeness (QED) is 0.298. The Hall–Kier alpha value is -4.30. The molecule has 0 unspecified atom stereocenters. The number of nitrogens with zero attached hydrogens (tertiary/aromatic N) is 5. The van der Waals surface area contributed by atoms with Gasteiger partial charge in [0.2, 0.25) is 16.0 Å². The van der Waals surface area contributed by atoms with Gasteiger partial charge >= 0.3 is 5.63 Å². The van der Waals surface area contributed by atoms with Gasteiger partial charge in [-0.3, -0.25) is 15.1 Å². The number of aliphatic hydroxyl groups excluding tert-OH is 1. The van der Waals surface area contributed by atoms with Crippen molar-refractivity contribution in [1.29, 1.82) is 0 Å². The second-order valence-electron chi connectivity index (χ2n) is 8.32. The van der Waals surface area contributed by atoms with Crippen molar-refractivity contribution in [2.24, 2.45) is 5.41 Å². The lowest BCUT2D eigenvalue weighted by Gasteiger charge is -2.22. The molecule has 0 radical (unpaired) electrons. The van der Waals surface area contributed by atoms with E-state index < -0.39 is 16.9 Å². The first-order valence-corrected chi connectivity index (χ1v) is 11.4. The zero-order valence-corrected chi connectivity index (χ0v) is 20.4. The number of aliphatic hydroxyl groups is 1. The lowest BCUT2D eigenvalue weighted by atomic mass is 9.96. The zero-order chi connectivity index (χ0) is 25.9. The van der Waals surface area contributed by atoms with Gasteiger partial charge in [0.25, 0.3) is 5.91 Å². The molecule has 0 aliphatic carbocycles. The van der Waals surface area contributed by atoms with E-state index in [9.17, 15) is 14.7 Å². The van der Waals surface area contributed by atoms with E-state index in [4.69, 9.17) is 19.6 Å². The van der Waals surface area contributed by atoms with Crippen LogP contribution in [0.25, 0.3) is 16.4 Å². The number of nitrogens with one attached hydrogen (secondary N) is 1. The van der Waals surface area contributed by atoms with Crippen LogP contribution < -0.4 is 26.1 Å². The number of rotatable bonds is 9. The lowest BCUT2D eigenvalue weighted by molar-refractivity contribution is 0.0941. The van der Waals surface area contributed by atoms with Crippen LogP contribution in [0, 0.1) is 5.41 Å². The number of nitrogen functional groups attached to an aromatic ring is 1. The van der Waals surface area contributed by atoms with Crippen molar-refractivity contribution >= 4 is 28.2 Å². The summed E-state index contributed by atoms with van der Waals surface area (Å²) in [5.41, 5.74) is 4.74. The van der Waals surface area contributed by atoms with Gasteiger partial charge in [-0.25, -0.2) is 4.79 Å². The SMILES string of the molecule is COc1cccnc1-c1cc(C(=O)Nc2nnc(-n3nccc3N)s2)oc(=O)c1OCC(C)(C)CO. The maximum absolute atomic E-state index is 13.0. The zero-order valence-electron chi connectivity index (χ0n) is 19.6. The minimum absolute atomic E-state index is 0.00602. The molecule has 36 heavy (non-hydrogen) atoms. The Morgan fingerprint density at radius 2 is 2.11 bits per heavy atom. The summed E-state index contributed by atoms with van der Waals surface area (Å²) in [5.74, 6) is -0.527. The van der Waals surface area contributed by atoms with Crippen molar-refractivity contribution in [2.45, 2.75) is 13.8 Å².